The molecule has 0 spiro atoms. The van der Waals surface area contributed by atoms with E-state index in [1.807, 2.05) is 30.3 Å². The summed E-state index contributed by atoms with van der Waals surface area (Å²) in [7, 11) is 0. The predicted octanol–water partition coefficient (Wildman–Crippen LogP) is 5.64. The zero-order chi connectivity index (χ0) is 12.3. The molecule has 0 aromatic heterocycles. The Bertz CT molecular complexity index is 529. The molecule has 0 N–H and O–H groups in total. The smallest absolute Gasteiger partial charge is 0.137 e. The molecule has 0 atom stereocenters. The van der Waals surface area contributed by atoms with E-state index in [2.05, 4.69) is 37.9 Å². The van der Waals surface area contributed by atoms with E-state index in [1.165, 1.54) is 11.0 Å². The fourth-order valence-corrected chi connectivity index (χ4v) is 3.29. The molecule has 0 unspecified atom stereocenters. The third kappa shape index (κ3) is 3.57. The highest BCUT2D eigenvalue weighted by atomic mass is 79.9. The Morgan fingerprint density at radius 2 is 1.76 bits per heavy atom. The molecule has 2 rings (SSSR count). The van der Waals surface area contributed by atoms with E-state index >= 15 is 0 Å². The van der Waals surface area contributed by atoms with Gasteiger partial charge in [0, 0.05) is 15.1 Å². The summed E-state index contributed by atoms with van der Waals surface area (Å²) in [5, 5.41) is 0. The molecule has 0 radical (unpaired) electrons. The molecule has 0 saturated carbocycles. The zero-order valence-corrected chi connectivity index (χ0v) is 12.8. The molecule has 17 heavy (non-hydrogen) atoms. The molecule has 2 aromatic rings. The van der Waals surface area contributed by atoms with Gasteiger partial charge in [-0.25, -0.2) is 4.39 Å². The van der Waals surface area contributed by atoms with Crippen molar-refractivity contribution < 1.29 is 4.39 Å². The minimum atomic E-state index is -0.223. The Morgan fingerprint density at radius 1 is 1.00 bits per heavy atom. The summed E-state index contributed by atoms with van der Waals surface area (Å²) < 4.78 is 14.7. The first-order valence-electron chi connectivity index (χ1n) is 4.98. The molecule has 0 saturated heterocycles. The van der Waals surface area contributed by atoms with Gasteiger partial charge in [0.25, 0.3) is 0 Å². The molecular formula is C13H9Br2FS. The number of benzene rings is 2. The van der Waals surface area contributed by atoms with Gasteiger partial charge in [0.1, 0.15) is 5.82 Å². The standard InChI is InChI=1S/C13H9Br2FS/c14-10-3-1-2-4-13(10)17-8-9-5-6-12(16)11(15)7-9/h1-7H,8H2. The first-order chi connectivity index (χ1) is 8.16. The molecular weight excluding hydrogens is 367 g/mol. The van der Waals surface area contributed by atoms with Crippen molar-refractivity contribution in [3.05, 3.63) is 62.8 Å². The van der Waals surface area contributed by atoms with E-state index in [1.54, 1.807) is 11.8 Å². The van der Waals surface area contributed by atoms with E-state index < -0.39 is 0 Å². The van der Waals surface area contributed by atoms with Crippen molar-refractivity contribution in [2.75, 3.05) is 0 Å². The lowest BCUT2D eigenvalue weighted by Gasteiger charge is -2.05. The third-order valence-electron chi connectivity index (χ3n) is 2.22. The fraction of sp³-hybridized carbons (Fsp3) is 0.0769. The molecule has 0 aliphatic carbocycles. The number of halogens is 3. The molecule has 0 heterocycles. The summed E-state index contributed by atoms with van der Waals surface area (Å²) >= 11 is 8.42. The largest absolute Gasteiger partial charge is 0.206 e. The van der Waals surface area contributed by atoms with E-state index in [0.717, 1.165) is 15.8 Å². The molecule has 88 valence electrons. The summed E-state index contributed by atoms with van der Waals surface area (Å²) in [4.78, 5) is 1.19. The average molecular weight is 376 g/mol. The van der Waals surface area contributed by atoms with Crippen molar-refractivity contribution in [1.82, 2.24) is 0 Å². The van der Waals surface area contributed by atoms with Crippen molar-refractivity contribution in [1.29, 1.82) is 0 Å². The molecule has 0 aliphatic rings. The Balaban J connectivity index is 2.08. The summed E-state index contributed by atoms with van der Waals surface area (Å²) in [6.07, 6.45) is 0. The molecule has 2 aromatic carbocycles. The van der Waals surface area contributed by atoms with Crippen molar-refractivity contribution in [2.45, 2.75) is 10.6 Å². The highest BCUT2D eigenvalue weighted by Gasteiger charge is 2.03. The van der Waals surface area contributed by atoms with Crippen LogP contribution in [0.4, 0.5) is 4.39 Å². The quantitative estimate of drug-likeness (QED) is 0.625. The van der Waals surface area contributed by atoms with Crippen LogP contribution in [0.25, 0.3) is 0 Å². The van der Waals surface area contributed by atoms with Crippen molar-refractivity contribution in [2.24, 2.45) is 0 Å². The number of thioether (sulfide) groups is 1. The van der Waals surface area contributed by atoms with Gasteiger partial charge >= 0.3 is 0 Å². The van der Waals surface area contributed by atoms with Gasteiger partial charge in [-0.05, 0) is 61.7 Å². The van der Waals surface area contributed by atoms with Gasteiger partial charge in [-0.1, -0.05) is 18.2 Å². The molecule has 0 fully saturated rings. The van der Waals surface area contributed by atoms with Crippen LogP contribution in [0.1, 0.15) is 5.56 Å². The van der Waals surface area contributed by atoms with E-state index in [-0.39, 0.29) is 5.82 Å². The number of hydrogen-bond acceptors (Lipinski definition) is 1. The van der Waals surface area contributed by atoms with Gasteiger partial charge in [0.05, 0.1) is 4.47 Å². The third-order valence-corrected chi connectivity index (χ3v) is 4.92. The fourth-order valence-electron chi connectivity index (χ4n) is 1.35. The first-order valence-corrected chi connectivity index (χ1v) is 7.55. The van der Waals surface area contributed by atoms with Gasteiger partial charge in [0.2, 0.25) is 0 Å². The second-order valence-electron chi connectivity index (χ2n) is 3.47. The Morgan fingerprint density at radius 3 is 2.47 bits per heavy atom. The Labute approximate surface area is 121 Å². The van der Waals surface area contributed by atoms with Gasteiger partial charge in [-0.2, -0.15) is 0 Å². The van der Waals surface area contributed by atoms with Crippen LogP contribution in [0.3, 0.4) is 0 Å². The molecule has 0 amide bonds. The lowest BCUT2D eigenvalue weighted by atomic mass is 10.2. The van der Waals surface area contributed by atoms with Crippen LogP contribution >= 0.6 is 43.6 Å². The van der Waals surface area contributed by atoms with E-state index in [4.69, 9.17) is 0 Å². The van der Waals surface area contributed by atoms with E-state index in [0.29, 0.717) is 4.47 Å². The number of rotatable bonds is 3. The average Bonchev–Trinajstić information content (AvgIpc) is 2.32. The topological polar surface area (TPSA) is 0 Å². The molecule has 0 bridgehead atoms. The second-order valence-corrected chi connectivity index (χ2v) is 6.19. The highest BCUT2D eigenvalue weighted by molar-refractivity contribution is 9.10. The maximum absolute atomic E-state index is 13.1. The van der Waals surface area contributed by atoms with Crippen molar-refractivity contribution >= 4 is 43.6 Å². The summed E-state index contributed by atoms with van der Waals surface area (Å²) in [5.41, 5.74) is 1.10. The SMILES string of the molecule is Fc1ccc(CSc2ccccc2Br)cc1Br. The van der Waals surface area contributed by atoms with Crippen LogP contribution in [-0.2, 0) is 5.75 Å². The summed E-state index contributed by atoms with van der Waals surface area (Å²) in [5.74, 6) is 0.598. The summed E-state index contributed by atoms with van der Waals surface area (Å²) in [6, 6.07) is 13.2. The summed E-state index contributed by atoms with van der Waals surface area (Å²) in [6.45, 7) is 0. The van der Waals surface area contributed by atoms with E-state index in [9.17, 15) is 4.39 Å². The maximum Gasteiger partial charge on any atom is 0.137 e. The first kappa shape index (κ1) is 13.1. The number of hydrogen-bond donors (Lipinski definition) is 0. The second kappa shape index (κ2) is 6.03. The van der Waals surface area contributed by atoms with Crippen molar-refractivity contribution in [3.63, 3.8) is 0 Å². The van der Waals surface area contributed by atoms with Crippen LogP contribution in [0.15, 0.2) is 56.3 Å². The van der Waals surface area contributed by atoms with Gasteiger partial charge < -0.3 is 0 Å². The maximum atomic E-state index is 13.1. The van der Waals surface area contributed by atoms with Crippen LogP contribution in [0, 0.1) is 5.82 Å². The van der Waals surface area contributed by atoms with Crippen LogP contribution in [0.2, 0.25) is 0 Å². The minimum absolute atomic E-state index is 0.223. The molecule has 4 heteroatoms. The van der Waals surface area contributed by atoms with Crippen molar-refractivity contribution in [3.8, 4) is 0 Å². The van der Waals surface area contributed by atoms with Crippen LogP contribution in [-0.4, -0.2) is 0 Å². The Hall–Kier alpha value is -0.320. The lowest BCUT2D eigenvalue weighted by molar-refractivity contribution is 0.620. The van der Waals surface area contributed by atoms with Gasteiger partial charge in [-0.3, -0.25) is 0 Å². The predicted molar refractivity (Wildman–Crippen MR) is 77.8 cm³/mol. The normalized spacial score (nSPS) is 10.5. The molecule has 0 nitrogen and oxygen atoms in total. The van der Waals surface area contributed by atoms with Gasteiger partial charge in [0.15, 0.2) is 0 Å². The zero-order valence-electron chi connectivity index (χ0n) is 8.79. The monoisotopic (exact) mass is 374 g/mol. The lowest BCUT2D eigenvalue weighted by Crippen LogP contribution is -1.84. The Kier molecular flexibility index (Phi) is 4.65. The highest BCUT2D eigenvalue weighted by Crippen LogP contribution is 2.30. The minimum Gasteiger partial charge on any atom is -0.206 e. The molecule has 0 aliphatic heterocycles. The van der Waals surface area contributed by atoms with Crippen LogP contribution in [0.5, 0.6) is 0 Å². The van der Waals surface area contributed by atoms with Crippen LogP contribution < -0.4 is 0 Å². The van der Waals surface area contributed by atoms with Gasteiger partial charge in [-0.15, -0.1) is 11.8 Å².